The van der Waals surface area contributed by atoms with E-state index in [2.05, 4.69) is 10.3 Å². The van der Waals surface area contributed by atoms with Crippen LogP contribution < -0.4 is 5.32 Å². The van der Waals surface area contributed by atoms with Gasteiger partial charge in [-0.15, -0.1) is 0 Å². The van der Waals surface area contributed by atoms with Crippen LogP contribution in [-0.4, -0.2) is 5.84 Å². The third kappa shape index (κ3) is 5.12. The minimum absolute atomic E-state index is 0.103. The molecule has 0 atom stereocenters. The van der Waals surface area contributed by atoms with Gasteiger partial charge in [-0.25, -0.2) is 4.99 Å². The molecule has 0 bridgehead atoms. The van der Waals surface area contributed by atoms with Crippen LogP contribution in [0, 0.1) is 20.8 Å². The van der Waals surface area contributed by atoms with Crippen LogP contribution in [0.1, 0.15) is 33.4 Å². The zero-order valence-corrected chi connectivity index (χ0v) is 17.5. The molecular weight excluding hydrogens is 430 g/mol. The van der Waals surface area contributed by atoms with E-state index in [0.717, 1.165) is 17.7 Å². The summed E-state index contributed by atoms with van der Waals surface area (Å²) in [5.41, 5.74) is 0.0588. The highest BCUT2D eigenvalue weighted by Gasteiger charge is 2.35. The molecule has 0 unspecified atom stereocenters. The van der Waals surface area contributed by atoms with Crippen LogP contribution in [0.2, 0.25) is 0 Å². The van der Waals surface area contributed by atoms with Gasteiger partial charge in [-0.3, -0.25) is 0 Å². The summed E-state index contributed by atoms with van der Waals surface area (Å²) in [5.74, 6) is -0.103. The fraction of sp³-hybridized carbons (Fsp3) is 0.208. The average Bonchev–Trinajstić information content (AvgIpc) is 2.66. The minimum atomic E-state index is -4.67. The highest BCUT2D eigenvalue weighted by molar-refractivity contribution is 6.11. The van der Waals surface area contributed by atoms with Gasteiger partial charge in [-0.1, -0.05) is 42.0 Å². The van der Waals surface area contributed by atoms with Crippen LogP contribution in [0.3, 0.4) is 0 Å². The second-order valence-corrected chi connectivity index (χ2v) is 7.42. The summed E-state index contributed by atoms with van der Waals surface area (Å²) in [5, 5.41) is 2.66. The molecule has 0 fully saturated rings. The van der Waals surface area contributed by atoms with Crippen molar-refractivity contribution in [2.45, 2.75) is 33.1 Å². The van der Waals surface area contributed by atoms with Gasteiger partial charge in [0, 0.05) is 5.56 Å². The van der Waals surface area contributed by atoms with Gasteiger partial charge in [0.2, 0.25) is 0 Å². The molecule has 0 saturated heterocycles. The lowest BCUT2D eigenvalue weighted by Gasteiger charge is -2.20. The number of aliphatic imine (C=N–C) groups is 1. The number of alkyl halides is 6. The monoisotopic (exact) mass is 450 g/mol. The molecule has 1 N–H and O–H groups in total. The van der Waals surface area contributed by atoms with Gasteiger partial charge in [0.15, 0.2) is 0 Å². The predicted molar refractivity (Wildman–Crippen MR) is 113 cm³/mol. The molecule has 0 spiro atoms. The van der Waals surface area contributed by atoms with Crippen molar-refractivity contribution in [2.24, 2.45) is 4.99 Å². The van der Waals surface area contributed by atoms with Crippen LogP contribution in [0.5, 0.6) is 0 Å². The molecule has 0 aliphatic rings. The molecule has 3 aromatic rings. The van der Waals surface area contributed by atoms with Crippen molar-refractivity contribution in [1.82, 2.24) is 0 Å². The normalized spacial score (nSPS) is 12.7. The molecule has 0 radical (unpaired) electrons. The SMILES string of the molecule is Cc1cc(C)c(C(=Nc2ccccc2C(F)(F)F)Nc2ccccc2C(F)(F)F)c(C)c1. The number of anilines is 1. The fourth-order valence-corrected chi connectivity index (χ4v) is 3.60. The summed E-state index contributed by atoms with van der Waals surface area (Å²) in [4.78, 5) is 4.18. The predicted octanol–water partition coefficient (Wildman–Crippen LogP) is 7.84. The summed E-state index contributed by atoms with van der Waals surface area (Å²) in [7, 11) is 0. The first-order valence-electron chi connectivity index (χ1n) is 9.64. The molecule has 168 valence electrons. The number of nitrogens with zero attached hydrogens (tertiary/aromatic N) is 1. The topological polar surface area (TPSA) is 24.4 Å². The fourth-order valence-electron chi connectivity index (χ4n) is 3.60. The van der Waals surface area contributed by atoms with Crippen LogP contribution in [0.15, 0.2) is 65.7 Å². The van der Waals surface area contributed by atoms with Gasteiger partial charge in [0.1, 0.15) is 5.84 Å². The average molecular weight is 450 g/mol. The van der Waals surface area contributed by atoms with Crippen LogP contribution >= 0.6 is 0 Å². The van der Waals surface area contributed by atoms with E-state index in [4.69, 9.17) is 0 Å². The zero-order chi connectivity index (χ0) is 23.7. The second kappa shape index (κ2) is 8.68. The maximum Gasteiger partial charge on any atom is 0.418 e. The largest absolute Gasteiger partial charge is 0.418 e. The quantitative estimate of drug-likeness (QED) is 0.245. The summed E-state index contributed by atoms with van der Waals surface area (Å²) in [6.07, 6.45) is -9.33. The number of benzene rings is 3. The van der Waals surface area contributed by atoms with Gasteiger partial charge < -0.3 is 5.32 Å². The number of amidine groups is 1. The van der Waals surface area contributed by atoms with E-state index >= 15 is 0 Å². The number of para-hydroxylation sites is 2. The highest BCUT2D eigenvalue weighted by atomic mass is 19.4. The van der Waals surface area contributed by atoms with E-state index in [-0.39, 0.29) is 11.5 Å². The molecule has 32 heavy (non-hydrogen) atoms. The number of hydrogen-bond acceptors (Lipinski definition) is 1. The first-order chi connectivity index (χ1) is 14.9. The van der Waals surface area contributed by atoms with E-state index in [0.29, 0.717) is 16.7 Å². The lowest BCUT2D eigenvalue weighted by atomic mass is 9.98. The molecule has 0 saturated carbocycles. The smallest absolute Gasteiger partial charge is 0.339 e. The molecule has 0 heterocycles. The van der Waals surface area contributed by atoms with E-state index in [1.807, 2.05) is 6.92 Å². The number of rotatable bonds is 3. The van der Waals surface area contributed by atoms with Crippen molar-refractivity contribution < 1.29 is 26.3 Å². The summed E-state index contributed by atoms with van der Waals surface area (Å²) < 4.78 is 81.2. The maximum absolute atomic E-state index is 13.5. The Bertz CT molecular complexity index is 1140. The van der Waals surface area contributed by atoms with Crippen molar-refractivity contribution in [1.29, 1.82) is 0 Å². The Labute approximate surface area is 181 Å². The maximum atomic E-state index is 13.5. The van der Waals surface area contributed by atoms with E-state index < -0.39 is 29.2 Å². The Morgan fingerprint density at radius 1 is 0.719 bits per heavy atom. The Balaban J connectivity index is 2.26. The molecule has 3 aromatic carbocycles. The lowest BCUT2D eigenvalue weighted by Crippen LogP contribution is -2.20. The Morgan fingerprint density at radius 3 is 1.78 bits per heavy atom. The molecular formula is C24H20F6N2. The third-order valence-corrected chi connectivity index (χ3v) is 4.84. The van der Waals surface area contributed by atoms with Gasteiger partial charge in [-0.05, 0) is 56.2 Å². The molecule has 2 nitrogen and oxygen atoms in total. The molecule has 0 aliphatic heterocycles. The molecule has 0 aromatic heterocycles. The van der Waals surface area contributed by atoms with E-state index in [1.54, 1.807) is 26.0 Å². The first-order valence-corrected chi connectivity index (χ1v) is 9.64. The van der Waals surface area contributed by atoms with Crippen molar-refractivity contribution >= 4 is 17.2 Å². The Hall–Kier alpha value is -3.29. The van der Waals surface area contributed by atoms with Gasteiger partial charge in [-0.2, -0.15) is 26.3 Å². The van der Waals surface area contributed by atoms with E-state index in [9.17, 15) is 26.3 Å². The standard InChI is InChI=1S/C24H20F6N2/c1-14-12-15(2)21(16(3)13-14)22(31-19-10-6-4-8-17(19)23(25,26)27)32-20-11-7-5-9-18(20)24(28,29)30/h4-13H,1-3H3,(H,31,32). The van der Waals surface area contributed by atoms with Gasteiger partial charge in [0.05, 0.1) is 22.5 Å². The molecule has 3 rings (SSSR count). The van der Waals surface area contributed by atoms with Gasteiger partial charge >= 0.3 is 12.4 Å². The number of hydrogen-bond donors (Lipinski definition) is 1. The second-order valence-electron chi connectivity index (χ2n) is 7.42. The summed E-state index contributed by atoms with van der Waals surface area (Å²) >= 11 is 0. The lowest BCUT2D eigenvalue weighted by molar-refractivity contribution is -0.137. The molecule has 0 aliphatic carbocycles. The minimum Gasteiger partial charge on any atom is -0.339 e. The third-order valence-electron chi connectivity index (χ3n) is 4.84. The number of nitrogens with one attached hydrogen (secondary N) is 1. The van der Waals surface area contributed by atoms with Crippen LogP contribution in [-0.2, 0) is 12.4 Å². The van der Waals surface area contributed by atoms with E-state index in [1.165, 1.54) is 36.4 Å². The van der Waals surface area contributed by atoms with Gasteiger partial charge in [0.25, 0.3) is 0 Å². The Kier molecular flexibility index (Phi) is 6.34. The number of halogens is 6. The summed E-state index contributed by atoms with van der Waals surface area (Å²) in [6, 6.07) is 13.1. The molecule has 0 amide bonds. The van der Waals surface area contributed by atoms with Crippen molar-refractivity contribution in [3.8, 4) is 0 Å². The highest BCUT2D eigenvalue weighted by Crippen LogP contribution is 2.38. The summed E-state index contributed by atoms with van der Waals surface area (Å²) in [6.45, 7) is 5.32. The number of aryl methyl sites for hydroxylation is 3. The van der Waals surface area contributed by atoms with Crippen LogP contribution in [0.25, 0.3) is 0 Å². The van der Waals surface area contributed by atoms with Crippen LogP contribution in [0.4, 0.5) is 37.7 Å². The van der Waals surface area contributed by atoms with Crippen molar-refractivity contribution in [2.75, 3.05) is 5.32 Å². The van der Waals surface area contributed by atoms with Crippen molar-refractivity contribution in [3.63, 3.8) is 0 Å². The molecule has 8 heteroatoms. The van der Waals surface area contributed by atoms with Crippen molar-refractivity contribution in [3.05, 3.63) is 94.0 Å². The zero-order valence-electron chi connectivity index (χ0n) is 17.5. The first kappa shape index (κ1) is 23.4. The Morgan fingerprint density at radius 2 is 1.22 bits per heavy atom.